The van der Waals surface area contributed by atoms with Crippen LogP contribution >= 0.6 is 23.4 Å². The molecule has 0 N–H and O–H groups in total. The summed E-state index contributed by atoms with van der Waals surface area (Å²) < 4.78 is 7.44. The number of benzene rings is 1. The first-order valence-corrected chi connectivity index (χ1v) is 7.07. The van der Waals surface area contributed by atoms with Crippen LogP contribution in [0.4, 0.5) is 0 Å². The molecule has 0 saturated heterocycles. The van der Waals surface area contributed by atoms with E-state index in [-0.39, 0.29) is 0 Å². The van der Waals surface area contributed by atoms with Crippen molar-refractivity contribution in [1.29, 1.82) is 0 Å². The molecule has 0 bridgehead atoms. The number of nitrogens with zero attached hydrogens (tertiary/aromatic N) is 2. The predicted molar refractivity (Wildman–Crippen MR) is 75.5 cm³/mol. The van der Waals surface area contributed by atoms with Gasteiger partial charge in [-0.2, -0.15) is 0 Å². The maximum atomic E-state index is 6.01. The smallest absolute Gasteiger partial charge is 0.168 e. The largest absolute Gasteiger partial charge is 0.496 e. The molecule has 0 fully saturated rings. The zero-order chi connectivity index (χ0) is 13.0. The van der Waals surface area contributed by atoms with E-state index < -0.39 is 0 Å². The first-order chi connectivity index (χ1) is 8.74. The molecule has 0 unspecified atom stereocenters. The Kier molecular flexibility index (Phi) is 4.55. The van der Waals surface area contributed by atoms with Crippen LogP contribution in [-0.2, 0) is 12.3 Å². The van der Waals surface area contributed by atoms with Crippen molar-refractivity contribution in [1.82, 2.24) is 9.55 Å². The Morgan fingerprint density at radius 3 is 3.00 bits per heavy atom. The highest BCUT2D eigenvalue weighted by atomic mass is 35.5. The van der Waals surface area contributed by atoms with Gasteiger partial charge in [-0.1, -0.05) is 23.4 Å². The minimum absolute atomic E-state index is 0.727. The Bertz CT molecular complexity index is 527. The molecule has 18 heavy (non-hydrogen) atoms. The number of imidazole rings is 1. The molecule has 3 nitrogen and oxygen atoms in total. The number of methoxy groups -OCH3 is 1. The van der Waals surface area contributed by atoms with Gasteiger partial charge < -0.3 is 9.30 Å². The summed E-state index contributed by atoms with van der Waals surface area (Å²) in [7, 11) is 1.67. The van der Waals surface area contributed by atoms with Gasteiger partial charge in [-0.3, -0.25) is 0 Å². The van der Waals surface area contributed by atoms with E-state index in [1.54, 1.807) is 18.9 Å². The van der Waals surface area contributed by atoms with E-state index in [9.17, 15) is 0 Å². The molecule has 0 aliphatic carbocycles. The number of halogens is 1. The van der Waals surface area contributed by atoms with Crippen molar-refractivity contribution in [2.75, 3.05) is 7.11 Å². The van der Waals surface area contributed by atoms with Crippen molar-refractivity contribution in [3.8, 4) is 5.75 Å². The van der Waals surface area contributed by atoms with Crippen LogP contribution in [0.3, 0.4) is 0 Å². The maximum absolute atomic E-state index is 6.01. The van der Waals surface area contributed by atoms with Crippen molar-refractivity contribution < 1.29 is 4.74 Å². The van der Waals surface area contributed by atoms with Crippen molar-refractivity contribution in [2.45, 2.75) is 24.4 Å². The highest BCUT2D eigenvalue weighted by Crippen LogP contribution is 2.29. The monoisotopic (exact) mass is 282 g/mol. The van der Waals surface area contributed by atoms with E-state index >= 15 is 0 Å². The summed E-state index contributed by atoms with van der Waals surface area (Å²) in [4.78, 5) is 4.33. The predicted octanol–water partition coefficient (Wildman–Crippen LogP) is 3.86. The van der Waals surface area contributed by atoms with Crippen molar-refractivity contribution >= 4 is 23.4 Å². The Labute approximate surface area is 116 Å². The minimum atomic E-state index is 0.727. The lowest BCUT2D eigenvalue weighted by atomic mass is 10.2. The number of aromatic nitrogens is 2. The molecule has 0 radical (unpaired) electrons. The number of hydrogen-bond acceptors (Lipinski definition) is 3. The highest BCUT2D eigenvalue weighted by molar-refractivity contribution is 7.98. The fourth-order valence-electron chi connectivity index (χ4n) is 1.68. The van der Waals surface area contributed by atoms with Crippen molar-refractivity contribution in [3.05, 3.63) is 41.2 Å². The summed E-state index contributed by atoms with van der Waals surface area (Å²) in [5.74, 6) is 1.65. The lowest BCUT2D eigenvalue weighted by Crippen LogP contribution is -1.96. The van der Waals surface area contributed by atoms with Gasteiger partial charge in [-0.05, 0) is 25.1 Å². The topological polar surface area (TPSA) is 27.1 Å². The second kappa shape index (κ2) is 6.16. The summed E-state index contributed by atoms with van der Waals surface area (Å²) in [6.45, 7) is 3.03. The Hall–Kier alpha value is -1.13. The lowest BCUT2D eigenvalue weighted by Gasteiger charge is -2.09. The molecule has 5 heteroatoms. The molecule has 96 valence electrons. The second-order valence-electron chi connectivity index (χ2n) is 3.74. The number of hydrogen-bond donors (Lipinski definition) is 0. The van der Waals surface area contributed by atoms with Crippen LogP contribution in [0.5, 0.6) is 5.75 Å². The van der Waals surface area contributed by atoms with Crippen LogP contribution in [0.2, 0.25) is 5.02 Å². The van der Waals surface area contributed by atoms with Crippen LogP contribution in [0, 0.1) is 0 Å². The standard InChI is InChI=1S/C13H15ClN2OS/c1-3-16-7-6-15-13(16)18-9-10-8-11(14)4-5-12(10)17-2/h4-8H,3,9H2,1-2H3. The Balaban J connectivity index is 2.12. The third-order valence-electron chi connectivity index (χ3n) is 2.62. The summed E-state index contributed by atoms with van der Waals surface area (Å²) in [6, 6.07) is 5.67. The number of thioether (sulfide) groups is 1. The van der Waals surface area contributed by atoms with Crippen LogP contribution in [0.1, 0.15) is 12.5 Å². The van der Waals surface area contributed by atoms with E-state index in [4.69, 9.17) is 16.3 Å². The molecule has 1 heterocycles. The van der Waals surface area contributed by atoms with Gasteiger partial charge in [-0.15, -0.1) is 0 Å². The molecular weight excluding hydrogens is 268 g/mol. The van der Waals surface area contributed by atoms with Crippen molar-refractivity contribution in [3.63, 3.8) is 0 Å². The van der Waals surface area contributed by atoms with E-state index in [1.165, 1.54) is 0 Å². The van der Waals surface area contributed by atoms with Crippen molar-refractivity contribution in [2.24, 2.45) is 0 Å². The zero-order valence-electron chi connectivity index (χ0n) is 10.4. The third kappa shape index (κ3) is 3.00. The Morgan fingerprint density at radius 2 is 2.28 bits per heavy atom. The fraction of sp³-hybridized carbons (Fsp3) is 0.308. The molecule has 0 amide bonds. The molecule has 1 aromatic heterocycles. The first kappa shape index (κ1) is 13.3. The zero-order valence-corrected chi connectivity index (χ0v) is 12.0. The highest BCUT2D eigenvalue weighted by Gasteiger charge is 2.07. The van der Waals surface area contributed by atoms with E-state index in [2.05, 4.69) is 16.5 Å². The quantitative estimate of drug-likeness (QED) is 0.779. The summed E-state index contributed by atoms with van der Waals surface area (Å²) in [6.07, 6.45) is 3.80. The van der Waals surface area contributed by atoms with E-state index in [1.807, 2.05) is 30.6 Å². The molecule has 2 rings (SSSR count). The SMILES string of the molecule is CCn1ccnc1SCc1cc(Cl)ccc1OC. The lowest BCUT2D eigenvalue weighted by molar-refractivity contribution is 0.411. The Morgan fingerprint density at radius 1 is 1.44 bits per heavy atom. The van der Waals surface area contributed by atoms with Gasteiger partial charge in [0.15, 0.2) is 5.16 Å². The van der Waals surface area contributed by atoms with Crippen LogP contribution in [0.15, 0.2) is 35.7 Å². The van der Waals surface area contributed by atoms with Gasteiger partial charge in [0.25, 0.3) is 0 Å². The van der Waals surface area contributed by atoms with Crippen LogP contribution in [-0.4, -0.2) is 16.7 Å². The number of ether oxygens (including phenoxy) is 1. The molecule has 0 aliphatic heterocycles. The molecule has 0 saturated carbocycles. The van der Waals surface area contributed by atoms with E-state index in [0.717, 1.165) is 33.8 Å². The average Bonchev–Trinajstić information content (AvgIpc) is 2.84. The third-order valence-corrected chi connectivity index (χ3v) is 3.91. The van der Waals surface area contributed by atoms with Gasteiger partial charge in [0.2, 0.25) is 0 Å². The fourth-order valence-corrected chi connectivity index (χ4v) is 2.87. The van der Waals surface area contributed by atoms with Gasteiger partial charge in [0, 0.05) is 35.3 Å². The maximum Gasteiger partial charge on any atom is 0.168 e. The summed E-state index contributed by atoms with van der Waals surface area (Å²) >= 11 is 7.69. The second-order valence-corrected chi connectivity index (χ2v) is 5.12. The molecule has 0 aliphatic rings. The first-order valence-electron chi connectivity index (χ1n) is 5.71. The summed E-state index contributed by atoms with van der Waals surface area (Å²) in [5, 5.41) is 1.74. The normalized spacial score (nSPS) is 10.6. The number of rotatable bonds is 5. The van der Waals surface area contributed by atoms with Crippen LogP contribution < -0.4 is 4.74 Å². The average molecular weight is 283 g/mol. The van der Waals surface area contributed by atoms with E-state index in [0.29, 0.717) is 0 Å². The molecule has 1 aromatic carbocycles. The molecule has 0 spiro atoms. The van der Waals surface area contributed by atoms with Gasteiger partial charge >= 0.3 is 0 Å². The van der Waals surface area contributed by atoms with Gasteiger partial charge in [0.05, 0.1) is 7.11 Å². The van der Waals surface area contributed by atoms with Gasteiger partial charge in [0.1, 0.15) is 5.75 Å². The number of aryl methyl sites for hydroxylation is 1. The van der Waals surface area contributed by atoms with Crippen LogP contribution in [0.25, 0.3) is 0 Å². The molecular formula is C13H15ClN2OS. The molecule has 0 atom stereocenters. The molecule has 2 aromatic rings. The van der Waals surface area contributed by atoms with Gasteiger partial charge in [-0.25, -0.2) is 4.98 Å². The summed E-state index contributed by atoms with van der Waals surface area (Å²) in [5.41, 5.74) is 1.08. The minimum Gasteiger partial charge on any atom is -0.496 e.